The predicted octanol–water partition coefficient (Wildman–Crippen LogP) is 5.03. The fraction of sp³-hybridized carbons (Fsp3) is 0.167. The van der Waals surface area contributed by atoms with E-state index in [2.05, 4.69) is 32.7 Å². The number of likely N-dealkylation sites (N-methyl/N-ethyl adjacent to an activating group) is 1. The van der Waals surface area contributed by atoms with Gasteiger partial charge in [-0.1, -0.05) is 22.5 Å². The number of hydrogen-bond donors (Lipinski definition) is 0. The minimum absolute atomic E-state index is 0.312. The van der Waals surface area contributed by atoms with Gasteiger partial charge < -0.3 is 9.64 Å². The van der Waals surface area contributed by atoms with Crippen LogP contribution >= 0.6 is 15.9 Å². The number of benzene rings is 2. The van der Waals surface area contributed by atoms with E-state index in [1.54, 1.807) is 0 Å². The largest absolute Gasteiger partial charge is 0.461 e. The lowest BCUT2D eigenvalue weighted by molar-refractivity contribution is -0.137. The predicted molar refractivity (Wildman–Crippen MR) is 99.2 cm³/mol. The van der Waals surface area contributed by atoms with Gasteiger partial charge in [0.05, 0.1) is 17.9 Å². The first-order valence-electron chi connectivity index (χ1n) is 7.36. The molecule has 2 aromatic carbocycles. The average Bonchev–Trinajstić information content (AvgIpc) is 2.61. The Labute approximate surface area is 149 Å². The van der Waals surface area contributed by atoms with Gasteiger partial charge in [0.25, 0.3) is 0 Å². The van der Waals surface area contributed by atoms with E-state index in [4.69, 9.17) is 4.74 Å². The van der Waals surface area contributed by atoms with Crippen molar-refractivity contribution < 1.29 is 9.53 Å². The van der Waals surface area contributed by atoms with Gasteiger partial charge in [-0.05, 0) is 48.5 Å². The van der Waals surface area contributed by atoms with Crippen LogP contribution in [-0.2, 0) is 9.53 Å². The van der Waals surface area contributed by atoms with Crippen molar-refractivity contribution in [1.82, 2.24) is 0 Å². The van der Waals surface area contributed by atoms with Crippen molar-refractivity contribution in [2.24, 2.45) is 10.2 Å². The van der Waals surface area contributed by atoms with E-state index >= 15 is 0 Å². The van der Waals surface area contributed by atoms with Gasteiger partial charge in [-0.3, -0.25) is 0 Å². The molecule has 0 aromatic heterocycles. The smallest absolute Gasteiger partial charge is 0.330 e. The third-order valence-electron chi connectivity index (χ3n) is 3.24. The molecule has 5 nitrogen and oxygen atoms in total. The first-order valence-corrected chi connectivity index (χ1v) is 8.15. The quantitative estimate of drug-likeness (QED) is 0.380. The molecule has 6 heteroatoms. The van der Waals surface area contributed by atoms with Crippen molar-refractivity contribution in [3.8, 4) is 0 Å². The highest BCUT2D eigenvalue weighted by Crippen LogP contribution is 2.22. The molecule has 2 aromatic rings. The van der Waals surface area contributed by atoms with Crippen molar-refractivity contribution in [3.05, 3.63) is 65.7 Å². The standard InChI is InChI=1S/C18H18BrN3O2/c1-3-18(23)24-13-12-22(2)17-10-8-16(9-11-17)21-20-15-6-4-14(19)5-7-15/h3-11H,1,12-13H2,2H3. The van der Waals surface area contributed by atoms with Gasteiger partial charge in [0.1, 0.15) is 6.61 Å². The monoisotopic (exact) mass is 387 g/mol. The zero-order valence-electron chi connectivity index (χ0n) is 13.4. The zero-order chi connectivity index (χ0) is 17.4. The molecule has 0 amide bonds. The first kappa shape index (κ1) is 17.9. The van der Waals surface area contributed by atoms with Crippen LogP contribution in [0.15, 0.2) is 75.9 Å². The highest BCUT2D eigenvalue weighted by Gasteiger charge is 2.02. The van der Waals surface area contributed by atoms with Crippen LogP contribution < -0.4 is 4.90 Å². The molecule has 0 unspecified atom stereocenters. The van der Waals surface area contributed by atoms with Gasteiger partial charge in [-0.15, -0.1) is 0 Å². The second kappa shape index (κ2) is 8.98. The Kier molecular flexibility index (Phi) is 6.69. The van der Waals surface area contributed by atoms with E-state index in [-0.39, 0.29) is 0 Å². The van der Waals surface area contributed by atoms with Crippen LogP contribution in [0.4, 0.5) is 17.1 Å². The van der Waals surface area contributed by atoms with E-state index < -0.39 is 5.97 Å². The van der Waals surface area contributed by atoms with E-state index in [1.807, 2.05) is 60.5 Å². The maximum absolute atomic E-state index is 11.0. The van der Waals surface area contributed by atoms with Crippen LogP contribution in [0.3, 0.4) is 0 Å². The number of hydrogen-bond acceptors (Lipinski definition) is 5. The highest BCUT2D eigenvalue weighted by molar-refractivity contribution is 9.10. The van der Waals surface area contributed by atoms with Gasteiger partial charge >= 0.3 is 5.97 Å². The summed E-state index contributed by atoms with van der Waals surface area (Å²) >= 11 is 3.38. The number of esters is 1. The van der Waals surface area contributed by atoms with Crippen LogP contribution in [-0.4, -0.2) is 26.2 Å². The number of carbonyl (C=O) groups is 1. The van der Waals surface area contributed by atoms with Crippen LogP contribution in [0.5, 0.6) is 0 Å². The Morgan fingerprint density at radius 2 is 1.67 bits per heavy atom. The third-order valence-corrected chi connectivity index (χ3v) is 3.76. The summed E-state index contributed by atoms with van der Waals surface area (Å²) in [5.74, 6) is -0.410. The summed E-state index contributed by atoms with van der Waals surface area (Å²) in [6.45, 7) is 4.27. The number of nitrogens with zero attached hydrogens (tertiary/aromatic N) is 3. The molecule has 0 fully saturated rings. The average molecular weight is 388 g/mol. The fourth-order valence-electron chi connectivity index (χ4n) is 1.87. The molecule has 0 bridgehead atoms. The zero-order valence-corrected chi connectivity index (χ0v) is 14.9. The van der Waals surface area contributed by atoms with Gasteiger partial charge in [0.15, 0.2) is 0 Å². The summed E-state index contributed by atoms with van der Waals surface area (Å²) in [7, 11) is 1.93. The van der Waals surface area contributed by atoms with E-state index in [1.165, 1.54) is 0 Å². The maximum atomic E-state index is 11.0. The fourth-order valence-corrected chi connectivity index (χ4v) is 2.13. The van der Waals surface area contributed by atoms with Crippen molar-refractivity contribution in [1.29, 1.82) is 0 Å². The van der Waals surface area contributed by atoms with E-state index in [0.29, 0.717) is 13.2 Å². The van der Waals surface area contributed by atoms with Crippen molar-refractivity contribution in [2.75, 3.05) is 25.1 Å². The summed E-state index contributed by atoms with van der Waals surface area (Å²) in [6.07, 6.45) is 1.16. The highest BCUT2D eigenvalue weighted by atomic mass is 79.9. The molecule has 24 heavy (non-hydrogen) atoms. The molecule has 0 atom stereocenters. The number of carbonyl (C=O) groups excluding carboxylic acids is 1. The summed E-state index contributed by atoms with van der Waals surface area (Å²) in [6, 6.07) is 15.3. The molecule has 124 valence electrons. The summed E-state index contributed by atoms with van der Waals surface area (Å²) < 4.78 is 5.97. The Morgan fingerprint density at radius 1 is 1.12 bits per heavy atom. The molecule has 0 aliphatic heterocycles. The second-order valence-corrected chi connectivity index (χ2v) is 5.90. The molecule has 2 rings (SSSR count). The second-order valence-electron chi connectivity index (χ2n) is 4.99. The van der Waals surface area contributed by atoms with E-state index in [9.17, 15) is 4.79 Å². The molecule has 0 radical (unpaired) electrons. The van der Waals surface area contributed by atoms with Crippen molar-refractivity contribution >= 4 is 39.0 Å². The Morgan fingerprint density at radius 3 is 2.21 bits per heavy atom. The van der Waals surface area contributed by atoms with Crippen LogP contribution in [0.1, 0.15) is 0 Å². The number of halogens is 1. The van der Waals surface area contributed by atoms with Gasteiger partial charge in [-0.25, -0.2) is 4.79 Å². The van der Waals surface area contributed by atoms with Gasteiger partial charge in [0.2, 0.25) is 0 Å². The summed E-state index contributed by atoms with van der Waals surface area (Å²) in [5, 5.41) is 8.41. The van der Waals surface area contributed by atoms with Gasteiger partial charge in [-0.2, -0.15) is 10.2 Å². The molecule has 0 N–H and O–H groups in total. The normalized spacial score (nSPS) is 10.6. The minimum Gasteiger partial charge on any atom is -0.461 e. The van der Waals surface area contributed by atoms with Crippen LogP contribution in [0.25, 0.3) is 0 Å². The van der Waals surface area contributed by atoms with Crippen LogP contribution in [0.2, 0.25) is 0 Å². The Balaban J connectivity index is 1.91. The van der Waals surface area contributed by atoms with Crippen LogP contribution in [0, 0.1) is 0 Å². The molecular weight excluding hydrogens is 370 g/mol. The Bertz CT molecular complexity index is 712. The molecular formula is C18H18BrN3O2. The minimum atomic E-state index is -0.410. The molecule has 0 saturated heterocycles. The lowest BCUT2D eigenvalue weighted by Crippen LogP contribution is -2.23. The van der Waals surface area contributed by atoms with E-state index in [0.717, 1.165) is 27.6 Å². The molecule has 0 spiro atoms. The lowest BCUT2D eigenvalue weighted by atomic mass is 10.2. The van der Waals surface area contributed by atoms with Crippen molar-refractivity contribution in [2.45, 2.75) is 0 Å². The molecule has 0 heterocycles. The SMILES string of the molecule is C=CC(=O)OCCN(C)c1ccc(N=Nc2ccc(Br)cc2)cc1. The first-order chi connectivity index (χ1) is 11.6. The maximum Gasteiger partial charge on any atom is 0.330 e. The molecule has 0 aliphatic carbocycles. The lowest BCUT2D eigenvalue weighted by Gasteiger charge is -2.18. The number of anilines is 1. The topological polar surface area (TPSA) is 54.3 Å². The van der Waals surface area contributed by atoms with Crippen molar-refractivity contribution in [3.63, 3.8) is 0 Å². The van der Waals surface area contributed by atoms with Gasteiger partial charge in [0, 0.05) is 23.3 Å². The molecule has 0 saturated carbocycles. The summed E-state index contributed by atoms with van der Waals surface area (Å²) in [5.41, 5.74) is 2.57. The number of azo groups is 1. The molecule has 0 aliphatic rings. The summed E-state index contributed by atoms with van der Waals surface area (Å²) in [4.78, 5) is 13.0. The third kappa shape index (κ3) is 5.62. The number of ether oxygens (including phenoxy) is 1. The Hall–Kier alpha value is -2.47. The number of rotatable bonds is 7.